The SMILES string of the molecule is CCOC(=O)c1c(C)[nH]c(CN(Cc2ccccc2)C(=O)Nc2cc(Cl)c(OC)cc2OC)c1C. The highest BCUT2D eigenvalue weighted by Gasteiger charge is 2.23. The molecule has 2 N–H and O–H groups in total. The van der Waals surface area contributed by atoms with Crippen LogP contribution in [0.3, 0.4) is 0 Å². The molecule has 35 heavy (non-hydrogen) atoms. The first-order valence-electron chi connectivity index (χ1n) is 11.2. The fourth-order valence-electron chi connectivity index (χ4n) is 3.83. The highest BCUT2D eigenvalue weighted by Crippen LogP contribution is 2.36. The van der Waals surface area contributed by atoms with E-state index in [0.717, 1.165) is 16.8 Å². The lowest BCUT2D eigenvalue weighted by molar-refractivity contribution is 0.0525. The van der Waals surface area contributed by atoms with Gasteiger partial charge in [0, 0.05) is 24.0 Å². The minimum Gasteiger partial charge on any atom is -0.495 e. The Balaban J connectivity index is 1.93. The summed E-state index contributed by atoms with van der Waals surface area (Å²) in [5, 5.41) is 3.24. The molecule has 0 saturated carbocycles. The number of H-pyrrole nitrogens is 1. The molecule has 0 aliphatic rings. The molecule has 3 aromatic rings. The van der Waals surface area contributed by atoms with Crippen LogP contribution in [0.5, 0.6) is 11.5 Å². The number of aromatic amines is 1. The summed E-state index contributed by atoms with van der Waals surface area (Å²) in [6, 6.07) is 12.5. The number of amides is 2. The first-order chi connectivity index (χ1) is 16.8. The number of carbonyl (C=O) groups is 2. The van der Waals surface area contributed by atoms with Crippen molar-refractivity contribution in [1.29, 1.82) is 0 Å². The molecule has 2 amide bonds. The maximum atomic E-state index is 13.5. The van der Waals surface area contributed by atoms with E-state index in [1.54, 1.807) is 24.0 Å². The zero-order valence-electron chi connectivity index (χ0n) is 20.5. The molecule has 0 spiro atoms. The van der Waals surface area contributed by atoms with Gasteiger partial charge in [0.1, 0.15) is 11.5 Å². The lowest BCUT2D eigenvalue weighted by Gasteiger charge is -2.24. The number of aryl methyl sites for hydroxylation is 1. The molecule has 186 valence electrons. The number of benzene rings is 2. The molecule has 0 bridgehead atoms. The Hall–Kier alpha value is -3.65. The van der Waals surface area contributed by atoms with Crippen molar-refractivity contribution in [3.05, 3.63) is 75.6 Å². The van der Waals surface area contributed by atoms with E-state index in [9.17, 15) is 9.59 Å². The standard InChI is InChI=1S/C26H30ClN3O5/c1-6-35-25(31)24-16(2)21(28-17(24)3)15-30(14-18-10-8-7-9-11-18)26(32)29-20-12-19(27)22(33-4)13-23(20)34-5/h7-13,28H,6,14-15H2,1-5H3,(H,29,32). The Morgan fingerprint density at radius 2 is 1.71 bits per heavy atom. The number of urea groups is 1. The summed E-state index contributed by atoms with van der Waals surface area (Å²) < 4.78 is 15.9. The van der Waals surface area contributed by atoms with Gasteiger partial charge in [0.05, 0.1) is 43.6 Å². The van der Waals surface area contributed by atoms with Gasteiger partial charge in [-0.1, -0.05) is 41.9 Å². The van der Waals surface area contributed by atoms with Crippen LogP contribution in [-0.2, 0) is 17.8 Å². The Labute approximate surface area is 210 Å². The average molecular weight is 500 g/mol. The molecule has 2 aromatic carbocycles. The Bertz CT molecular complexity index is 1190. The highest BCUT2D eigenvalue weighted by molar-refractivity contribution is 6.32. The number of rotatable bonds is 9. The number of nitrogens with zero attached hydrogens (tertiary/aromatic N) is 1. The topological polar surface area (TPSA) is 92.9 Å². The molecule has 3 rings (SSSR count). The molecule has 1 aromatic heterocycles. The van der Waals surface area contributed by atoms with Crippen LogP contribution >= 0.6 is 11.6 Å². The van der Waals surface area contributed by atoms with Crippen LogP contribution in [0.2, 0.25) is 5.02 Å². The monoisotopic (exact) mass is 499 g/mol. The molecular weight excluding hydrogens is 470 g/mol. The van der Waals surface area contributed by atoms with Crippen molar-refractivity contribution in [1.82, 2.24) is 9.88 Å². The van der Waals surface area contributed by atoms with E-state index in [4.69, 9.17) is 25.8 Å². The summed E-state index contributed by atoms with van der Waals surface area (Å²) in [6.45, 7) is 6.28. The molecule has 0 aliphatic heterocycles. The maximum absolute atomic E-state index is 13.5. The van der Waals surface area contributed by atoms with Gasteiger partial charge in [0.15, 0.2) is 0 Å². The van der Waals surface area contributed by atoms with E-state index < -0.39 is 0 Å². The third-order valence-corrected chi connectivity index (χ3v) is 5.88. The number of methoxy groups -OCH3 is 2. The van der Waals surface area contributed by atoms with E-state index in [0.29, 0.717) is 40.0 Å². The van der Waals surface area contributed by atoms with Gasteiger partial charge in [-0.15, -0.1) is 0 Å². The van der Waals surface area contributed by atoms with Gasteiger partial charge in [0.25, 0.3) is 0 Å². The zero-order chi connectivity index (χ0) is 25.5. The largest absolute Gasteiger partial charge is 0.495 e. The van der Waals surface area contributed by atoms with E-state index >= 15 is 0 Å². The Morgan fingerprint density at radius 3 is 2.34 bits per heavy atom. The molecule has 0 aliphatic carbocycles. The van der Waals surface area contributed by atoms with Crippen LogP contribution in [0.15, 0.2) is 42.5 Å². The number of hydrogen-bond donors (Lipinski definition) is 2. The summed E-state index contributed by atoms with van der Waals surface area (Å²) in [4.78, 5) is 30.8. The fourth-order valence-corrected chi connectivity index (χ4v) is 4.07. The summed E-state index contributed by atoms with van der Waals surface area (Å²) in [5.41, 5.74) is 4.04. The summed E-state index contributed by atoms with van der Waals surface area (Å²) in [5.74, 6) is 0.462. The number of anilines is 1. The maximum Gasteiger partial charge on any atom is 0.340 e. The molecule has 1 heterocycles. The van der Waals surface area contributed by atoms with Crippen LogP contribution in [0.25, 0.3) is 0 Å². The number of esters is 1. The van der Waals surface area contributed by atoms with E-state index in [1.807, 2.05) is 44.2 Å². The quantitative estimate of drug-likeness (QED) is 0.368. The van der Waals surface area contributed by atoms with Gasteiger partial charge >= 0.3 is 12.0 Å². The van der Waals surface area contributed by atoms with Gasteiger partial charge < -0.3 is 29.4 Å². The smallest absolute Gasteiger partial charge is 0.340 e. The first-order valence-corrected chi connectivity index (χ1v) is 11.5. The van der Waals surface area contributed by atoms with Gasteiger partial charge in [-0.2, -0.15) is 0 Å². The van der Waals surface area contributed by atoms with Crippen molar-refractivity contribution in [2.75, 3.05) is 26.1 Å². The predicted molar refractivity (Wildman–Crippen MR) is 135 cm³/mol. The van der Waals surface area contributed by atoms with Crippen LogP contribution in [0.1, 0.15) is 39.8 Å². The Morgan fingerprint density at radius 1 is 1.03 bits per heavy atom. The van der Waals surface area contributed by atoms with Gasteiger partial charge in [-0.3, -0.25) is 0 Å². The normalized spacial score (nSPS) is 10.6. The molecule has 0 atom stereocenters. The van der Waals surface area contributed by atoms with Crippen molar-refractivity contribution in [2.45, 2.75) is 33.9 Å². The first kappa shape index (κ1) is 26.0. The average Bonchev–Trinajstić information content (AvgIpc) is 3.12. The molecule has 0 unspecified atom stereocenters. The molecule has 0 radical (unpaired) electrons. The van der Waals surface area contributed by atoms with E-state index in [1.165, 1.54) is 14.2 Å². The van der Waals surface area contributed by atoms with Gasteiger partial charge in [-0.05, 0) is 38.0 Å². The molecule has 0 saturated heterocycles. The van der Waals surface area contributed by atoms with Crippen LogP contribution in [-0.4, -0.2) is 42.7 Å². The number of aromatic nitrogens is 1. The second-order valence-electron chi connectivity index (χ2n) is 7.91. The minimum atomic E-state index is -0.387. The molecule has 9 heteroatoms. The lowest BCUT2D eigenvalue weighted by atomic mass is 10.1. The summed E-state index contributed by atoms with van der Waals surface area (Å²) in [7, 11) is 3.01. The second-order valence-corrected chi connectivity index (χ2v) is 8.32. The van der Waals surface area contributed by atoms with Gasteiger partial charge in [0.2, 0.25) is 0 Å². The highest BCUT2D eigenvalue weighted by atomic mass is 35.5. The zero-order valence-corrected chi connectivity index (χ0v) is 21.3. The second kappa shape index (κ2) is 11.7. The summed E-state index contributed by atoms with van der Waals surface area (Å²) >= 11 is 6.28. The van der Waals surface area contributed by atoms with Crippen LogP contribution in [0, 0.1) is 13.8 Å². The van der Waals surface area contributed by atoms with Crippen LogP contribution in [0.4, 0.5) is 10.5 Å². The molecule has 8 nitrogen and oxygen atoms in total. The third-order valence-electron chi connectivity index (χ3n) is 5.59. The van der Waals surface area contributed by atoms with Crippen molar-refractivity contribution in [2.24, 2.45) is 0 Å². The number of ether oxygens (including phenoxy) is 3. The molecule has 0 fully saturated rings. The number of hydrogen-bond acceptors (Lipinski definition) is 5. The van der Waals surface area contributed by atoms with E-state index in [-0.39, 0.29) is 25.2 Å². The fraction of sp³-hybridized carbons (Fsp3) is 0.308. The van der Waals surface area contributed by atoms with E-state index in [2.05, 4.69) is 10.3 Å². The predicted octanol–water partition coefficient (Wildman–Crippen LogP) is 5.71. The number of carbonyl (C=O) groups excluding carboxylic acids is 2. The van der Waals surface area contributed by atoms with Crippen molar-refractivity contribution >= 4 is 29.3 Å². The van der Waals surface area contributed by atoms with Crippen molar-refractivity contribution in [3.8, 4) is 11.5 Å². The number of halogens is 1. The minimum absolute atomic E-state index is 0.235. The van der Waals surface area contributed by atoms with Gasteiger partial charge in [-0.25, -0.2) is 9.59 Å². The summed E-state index contributed by atoms with van der Waals surface area (Å²) in [6.07, 6.45) is 0. The van der Waals surface area contributed by atoms with Crippen molar-refractivity contribution < 1.29 is 23.8 Å². The van der Waals surface area contributed by atoms with Crippen LogP contribution < -0.4 is 14.8 Å². The number of nitrogens with one attached hydrogen (secondary N) is 2. The Kier molecular flexibility index (Phi) is 8.65. The molecular formula is C26H30ClN3O5. The third kappa shape index (κ3) is 6.08. The lowest BCUT2D eigenvalue weighted by Crippen LogP contribution is -2.34. The van der Waals surface area contributed by atoms with Crippen molar-refractivity contribution in [3.63, 3.8) is 0 Å².